The van der Waals surface area contributed by atoms with E-state index in [1.54, 1.807) is 6.26 Å². The molecule has 0 saturated carbocycles. The van der Waals surface area contributed by atoms with Gasteiger partial charge in [0, 0.05) is 17.3 Å². The highest BCUT2D eigenvalue weighted by molar-refractivity contribution is 7.98. The van der Waals surface area contributed by atoms with Gasteiger partial charge in [-0.2, -0.15) is 11.8 Å². The average Bonchev–Trinajstić information content (AvgIpc) is 2.31. The van der Waals surface area contributed by atoms with Crippen LogP contribution in [0.15, 0.2) is 17.0 Å². The van der Waals surface area contributed by atoms with Crippen molar-refractivity contribution < 1.29 is 17.9 Å². The molecule has 0 aromatic heterocycles. The van der Waals surface area contributed by atoms with Crippen LogP contribution in [0, 0.1) is 5.82 Å². The third-order valence-corrected chi connectivity index (χ3v) is 4.95. The van der Waals surface area contributed by atoms with Crippen LogP contribution in [0.4, 0.5) is 10.1 Å². The van der Waals surface area contributed by atoms with Crippen molar-refractivity contribution in [2.45, 2.75) is 17.4 Å². The largest absolute Gasteiger partial charge is 0.396 e. The molecule has 1 unspecified atom stereocenters. The van der Waals surface area contributed by atoms with Crippen molar-refractivity contribution in [1.82, 2.24) is 4.72 Å². The Labute approximate surface area is 126 Å². The number of thioether (sulfide) groups is 1. The Kier molecular flexibility index (Phi) is 5.68. The minimum atomic E-state index is -4.15. The van der Waals surface area contributed by atoms with Gasteiger partial charge in [-0.3, -0.25) is 0 Å². The van der Waals surface area contributed by atoms with Crippen molar-refractivity contribution in [1.29, 1.82) is 0 Å². The molecule has 1 atom stereocenters. The minimum Gasteiger partial charge on any atom is -0.396 e. The Morgan fingerprint density at radius 2 is 2.15 bits per heavy atom. The number of nitrogens with two attached hydrogens (primary N) is 1. The molecule has 1 aromatic carbocycles. The van der Waals surface area contributed by atoms with E-state index in [0.717, 1.165) is 12.1 Å². The quantitative estimate of drug-likeness (QED) is 0.680. The Balaban J connectivity index is 3.01. The lowest BCUT2D eigenvalue weighted by Gasteiger charge is -2.22. The first-order chi connectivity index (χ1) is 9.09. The van der Waals surface area contributed by atoms with Gasteiger partial charge in [0.25, 0.3) is 0 Å². The molecule has 0 spiro atoms. The van der Waals surface area contributed by atoms with E-state index in [1.807, 2.05) is 0 Å². The van der Waals surface area contributed by atoms with Gasteiger partial charge in [-0.05, 0) is 25.3 Å². The molecular formula is C11H16ClFN2O3S2. The number of hydrogen-bond acceptors (Lipinski definition) is 5. The molecule has 0 radical (unpaired) electrons. The predicted molar refractivity (Wildman–Crippen MR) is 80.0 cm³/mol. The number of sulfonamides is 1. The van der Waals surface area contributed by atoms with Gasteiger partial charge >= 0.3 is 0 Å². The van der Waals surface area contributed by atoms with Gasteiger partial charge in [-0.1, -0.05) is 11.6 Å². The second-order valence-electron chi connectivity index (χ2n) is 4.56. The molecule has 4 N–H and O–H groups in total. The molecular weight excluding hydrogens is 327 g/mol. The summed E-state index contributed by atoms with van der Waals surface area (Å²) in [6, 6.07) is 2.10. The number of nitrogens with one attached hydrogen (secondary N) is 1. The topological polar surface area (TPSA) is 92.4 Å². The maximum absolute atomic E-state index is 13.8. The van der Waals surface area contributed by atoms with Gasteiger partial charge in [0.05, 0.1) is 11.3 Å². The van der Waals surface area contributed by atoms with Crippen molar-refractivity contribution in [3.05, 3.63) is 23.0 Å². The predicted octanol–water partition coefficient (Wildman–Crippen LogP) is 1.45. The van der Waals surface area contributed by atoms with Crippen LogP contribution in [0.2, 0.25) is 5.02 Å². The van der Waals surface area contributed by atoms with Gasteiger partial charge in [-0.25, -0.2) is 17.5 Å². The second-order valence-corrected chi connectivity index (χ2v) is 7.60. The van der Waals surface area contributed by atoms with E-state index in [1.165, 1.54) is 18.7 Å². The maximum atomic E-state index is 13.8. The van der Waals surface area contributed by atoms with Gasteiger partial charge in [0.2, 0.25) is 10.0 Å². The van der Waals surface area contributed by atoms with E-state index in [0.29, 0.717) is 5.75 Å². The van der Waals surface area contributed by atoms with Gasteiger partial charge in [0.1, 0.15) is 4.90 Å². The maximum Gasteiger partial charge on any atom is 0.243 e. The highest BCUT2D eigenvalue weighted by Gasteiger charge is 2.26. The van der Waals surface area contributed by atoms with E-state index < -0.39 is 26.3 Å². The summed E-state index contributed by atoms with van der Waals surface area (Å²) >= 11 is 7.04. The summed E-state index contributed by atoms with van der Waals surface area (Å²) in [6.07, 6.45) is 1.78. The molecule has 5 nitrogen and oxygen atoms in total. The molecule has 0 amide bonds. The fraction of sp³-hybridized carbons (Fsp3) is 0.455. The van der Waals surface area contributed by atoms with Crippen molar-refractivity contribution >= 4 is 39.1 Å². The summed E-state index contributed by atoms with van der Waals surface area (Å²) in [5.41, 5.74) is 3.75. The standard InChI is InChI=1S/C11H16ClFN2O3S2/c1-11(16,6-19-2)5-15-20(17,18)9-4-7(12)3-8(14)10(9)13/h3-4,15-16H,5-6,14H2,1-2H3. The van der Waals surface area contributed by atoms with E-state index in [2.05, 4.69) is 4.72 Å². The highest BCUT2D eigenvalue weighted by Crippen LogP contribution is 2.25. The minimum absolute atomic E-state index is 0.0140. The first-order valence-corrected chi connectivity index (χ1v) is 8.80. The Morgan fingerprint density at radius 1 is 1.55 bits per heavy atom. The molecule has 0 aliphatic heterocycles. The Bertz CT molecular complexity index is 594. The normalized spacial score (nSPS) is 15.1. The first-order valence-electron chi connectivity index (χ1n) is 5.54. The monoisotopic (exact) mass is 342 g/mol. The van der Waals surface area contributed by atoms with Gasteiger partial charge in [-0.15, -0.1) is 0 Å². The summed E-state index contributed by atoms with van der Waals surface area (Å²) in [7, 11) is -4.15. The molecule has 0 saturated heterocycles. The van der Waals surface area contributed by atoms with Crippen molar-refractivity contribution in [2.75, 3.05) is 24.3 Å². The molecule has 0 heterocycles. The third kappa shape index (κ3) is 4.49. The van der Waals surface area contributed by atoms with Crippen molar-refractivity contribution in [3.8, 4) is 0 Å². The molecule has 0 fully saturated rings. The number of benzene rings is 1. The molecule has 114 valence electrons. The Hall–Kier alpha value is -0.540. The summed E-state index contributed by atoms with van der Waals surface area (Å²) < 4.78 is 40.0. The van der Waals surface area contributed by atoms with Gasteiger partial charge in [0.15, 0.2) is 5.82 Å². The highest BCUT2D eigenvalue weighted by atomic mass is 35.5. The smallest absolute Gasteiger partial charge is 0.243 e. The number of anilines is 1. The lowest BCUT2D eigenvalue weighted by molar-refractivity contribution is 0.0908. The molecule has 0 bridgehead atoms. The Morgan fingerprint density at radius 3 is 2.70 bits per heavy atom. The van der Waals surface area contributed by atoms with Crippen LogP contribution in [0.25, 0.3) is 0 Å². The SMILES string of the molecule is CSCC(C)(O)CNS(=O)(=O)c1cc(Cl)cc(N)c1F. The number of halogens is 2. The second kappa shape index (κ2) is 6.48. The van der Waals surface area contributed by atoms with Crippen LogP contribution in [0.3, 0.4) is 0 Å². The lowest BCUT2D eigenvalue weighted by Crippen LogP contribution is -2.42. The summed E-state index contributed by atoms with van der Waals surface area (Å²) in [4.78, 5) is -0.637. The summed E-state index contributed by atoms with van der Waals surface area (Å²) in [6.45, 7) is 1.23. The van der Waals surface area contributed by atoms with Crippen LogP contribution in [0.5, 0.6) is 0 Å². The molecule has 1 aromatic rings. The van der Waals surface area contributed by atoms with Crippen molar-refractivity contribution in [2.24, 2.45) is 0 Å². The molecule has 1 rings (SSSR count). The van der Waals surface area contributed by atoms with E-state index in [9.17, 15) is 17.9 Å². The zero-order valence-corrected chi connectivity index (χ0v) is 13.4. The summed E-state index contributed by atoms with van der Waals surface area (Å²) in [5.74, 6) is -0.734. The molecule has 20 heavy (non-hydrogen) atoms. The van der Waals surface area contributed by atoms with Crippen LogP contribution in [-0.2, 0) is 10.0 Å². The number of aliphatic hydroxyl groups is 1. The molecule has 9 heteroatoms. The van der Waals surface area contributed by atoms with Crippen LogP contribution >= 0.6 is 23.4 Å². The zero-order valence-electron chi connectivity index (χ0n) is 11.0. The zero-order chi connectivity index (χ0) is 15.6. The van der Waals surface area contributed by atoms with Crippen LogP contribution in [0.1, 0.15) is 6.92 Å². The number of nitrogen functional groups attached to an aromatic ring is 1. The van der Waals surface area contributed by atoms with E-state index in [-0.39, 0.29) is 17.3 Å². The van der Waals surface area contributed by atoms with Crippen LogP contribution < -0.4 is 10.5 Å². The number of hydrogen-bond donors (Lipinski definition) is 3. The fourth-order valence-electron chi connectivity index (χ4n) is 1.47. The van der Waals surface area contributed by atoms with Crippen molar-refractivity contribution in [3.63, 3.8) is 0 Å². The summed E-state index contributed by atoms with van der Waals surface area (Å²) in [5, 5.41) is 9.92. The molecule has 0 aliphatic rings. The lowest BCUT2D eigenvalue weighted by atomic mass is 10.1. The number of rotatable bonds is 6. The fourth-order valence-corrected chi connectivity index (χ4v) is 3.78. The molecule has 0 aliphatic carbocycles. The van der Waals surface area contributed by atoms with E-state index >= 15 is 0 Å². The van der Waals surface area contributed by atoms with Crippen LogP contribution in [-0.4, -0.2) is 37.7 Å². The average molecular weight is 343 g/mol. The van der Waals surface area contributed by atoms with Gasteiger partial charge < -0.3 is 10.8 Å². The third-order valence-electron chi connectivity index (χ3n) is 2.42. The first kappa shape index (κ1) is 17.5. The van der Waals surface area contributed by atoms with E-state index in [4.69, 9.17) is 17.3 Å².